The fraction of sp³-hybridized carbons (Fsp3) is 0.308. The molecule has 0 aliphatic heterocycles. The van der Waals surface area contributed by atoms with E-state index in [4.69, 9.17) is 5.26 Å². The van der Waals surface area contributed by atoms with Gasteiger partial charge >= 0.3 is 11.8 Å². The van der Waals surface area contributed by atoms with Crippen LogP contribution >= 0.6 is 0 Å². The Morgan fingerprint density at radius 1 is 1.33 bits per heavy atom. The van der Waals surface area contributed by atoms with Crippen molar-refractivity contribution in [3.63, 3.8) is 0 Å². The lowest BCUT2D eigenvalue weighted by molar-refractivity contribution is -0.136. The highest BCUT2D eigenvalue weighted by Crippen LogP contribution is 2.20. The van der Waals surface area contributed by atoms with Gasteiger partial charge in [-0.2, -0.15) is 5.26 Å². The van der Waals surface area contributed by atoms with Crippen molar-refractivity contribution in [1.29, 1.82) is 5.26 Å². The van der Waals surface area contributed by atoms with E-state index in [0.29, 0.717) is 5.69 Å². The second-order valence-corrected chi connectivity index (χ2v) is 3.76. The molecule has 5 nitrogen and oxygen atoms in total. The third-order valence-corrected chi connectivity index (χ3v) is 2.51. The van der Waals surface area contributed by atoms with Crippen molar-refractivity contribution in [3.8, 4) is 6.07 Å². The Bertz CT molecular complexity index is 503. The molecule has 0 saturated carbocycles. The van der Waals surface area contributed by atoms with Gasteiger partial charge < -0.3 is 10.6 Å². The van der Waals surface area contributed by atoms with E-state index >= 15 is 0 Å². The first-order chi connectivity index (χ1) is 8.60. The lowest BCUT2D eigenvalue weighted by Crippen LogP contribution is -2.35. The van der Waals surface area contributed by atoms with Crippen LogP contribution in [0.2, 0.25) is 0 Å². The summed E-state index contributed by atoms with van der Waals surface area (Å²) in [5.41, 5.74) is 2.53. The van der Waals surface area contributed by atoms with Crippen molar-refractivity contribution < 1.29 is 9.59 Å². The molecule has 2 N–H and O–H groups in total. The summed E-state index contributed by atoms with van der Waals surface area (Å²) in [6.45, 7) is 3.66. The minimum absolute atomic E-state index is 0.180. The molecule has 1 rings (SSSR count). The van der Waals surface area contributed by atoms with Gasteiger partial charge in [0.25, 0.3) is 0 Å². The topological polar surface area (TPSA) is 82.0 Å². The van der Waals surface area contributed by atoms with Gasteiger partial charge in [-0.15, -0.1) is 0 Å². The zero-order chi connectivity index (χ0) is 13.5. The van der Waals surface area contributed by atoms with Gasteiger partial charge in [0.1, 0.15) is 6.54 Å². The van der Waals surface area contributed by atoms with Gasteiger partial charge in [-0.1, -0.05) is 25.1 Å². The quantitative estimate of drug-likeness (QED) is 0.618. The Kier molecular flexibility index (Phi) is 4.88. The fourth-order valence-electron chi connectivity index (χ4n) is 1.57. The molecule has 0 radical (unpaired) electrons. The van der Waals surface area contributed by atoms with Crippen molar-refractivity contribution in [1.82, 2.24) is 5.32 Å². The number of hydrogen-bond donors (Lipinski definition) is 2. The van der Waals surface area contributed by atoms with E-state index in [0.717, 1.165) is 17.5 Å². The van der Waals surface area contributed by atoms with E-state index in [1.165, 1.54) is 0 Å². The zero-order valence-corrected chi connectivity index (χ0v) is 10.4. The second kappa shape index (κ2) is 6.40. The zero-order valence-electron chi connectivity index (χ0n) is 10.4. The maximum atomic E-state index is 11.6. The van der Waals surface area contributed by atoms with E-state index in [2.05, 4.69) is 10.6 Å². The van der Waals surface area contributed by atoms with Crippen LogP contribution in [-0.4, -0.2) is 18.4 Å². The normalized spacial score (nSPS) is 9.39. The van der Waals surface area contributed by atoms with Gasteiger partial charge in [0.05, 0.1) is 6.07 Å². The molecule has 1 aromatic carbocycles. The van der Waals surface area contributed by atoms with Crippen LogP contribution in [0.4, 0.5) is 5.69 Å². The molecule has 2 amide bonds. The van der Waals surface area contributed by atoms with Crippen LogP contribution < -0.4 is 10.6 Å². The fourth-order valence-corrected chi connectivity index (χ4v) is 1.57. The van der Waals surface area contributed by atoms with Gasteiger partial charge in [-0.05, 0) is 24.5 Å². The average Bonchev–Trinajstić information content (AvgIpc) is 2.38. The van der Waals surface area contributed by atoms with Gasteiger partial charge in [-0.25, -0.2) is 0 Å². The van der Waals surface area contributed by atoms with Gasteiger partial charge in [-0.3, -0.25) is 9.59 Å². The number of nitrogens with zero attached hydrogens (tertiary/aromatic N) is 1. The van der Waals surface area contributed by atoms with Crippen molar-refractivity contribution in [2.75, 3.05) is 11.9 Å². The number of nitrogens with one attached hydrogen (secondary N) is 2. The number of rotatable bonds is 3. The maximum absolute atomic E-state index is 11.6. The van der Waals surface area contributed by atoms with Crippen LogP contribution in [-0.2, 0) is 16.0 Å². The standard InChI is InChI=1S/C13H15N3O2/c1-3-10-6-4-5-9(2)11(10)16-13(18)12(17)15-8-7-14/h4-6H,3,8H2,1-2H3,(H,15,17)(H,16,18). The monoisotopic (exact) mass is 245 g/mol. The summed E-state index contributed by atoms with van der Waals surface area (Å²) in [4.78, 5) is 22.9. The summed E-state index contributed by atoms with van der Waals surface area (Å²) in [7, 11) is 0. The molecule has 0 saturated heterocycles. The molecule has 18 heavy (non-hydrogen) atoms. The number of aryl methyl sites for hydroxylation is 2. The minimum atomic E-state index is -0.804. The third-order valence-electron chi connectivity index (χ3n) is 2.51. The first kappa shape index (κ1) is 13.7. The minimum Gasteiger partial charge on any atom is -0.335 e. The first-order valence-electron chi connectivity index (χ1n) is 5.64. The third kappa shape index (κ3) is 3.32. The molecular weight excluding hydrogens is 230 g/mol. The molecule has 0 aliphatic rings. The Balaban J connectivity index is 2.82. The number of carbonyl (C=O) groups excluding carboxylic acids is 2. The van der Waals surface area contributed by atoms with Gasteiger partial charge in [0, 0.05) is 5.69 Å². The largest absolute Gasteiger partial charge is 0.335 e. The molecule has 0 heterocycles. The van der Waals surface area contributed by atoms with Crippen LogP contribution in [0.3, 0.4) is 0 Å². The van der Waals surface area contributed by atoms with Crippen molar-refractivity contribution in [2.45, 2.75) is 20.3 Å². The predicted octanol–water partition coefficient (Wildman–Crippen LogP) is 1.14. The summed E-state index contributed by atoms with van der Waals surface area (Å²) in [6, 6.07) is 7.40. The highest BCUT2D eigenvalue weighted by Gasteiger charge is 2.15. The summed E-state index contributed by atoms with van der Waals surface area (Å²) >= 11 is 0. The van der Waals surface area contributed by atoms with E-state index in [-0.39, 0.29) is 6.54 Å². The van der Waals surface area contributed by atoms with Gasteiger partial charge in [0.15, 0.2) is 0 Å². The Morgan fingerprint density at radius 3 is 2.67 bits per heavy atom. The molecule has 0 aromatic heterocycles. The Labute approximate surface area is 106 Å². The number of anilines is 1. The highest BCUT2D eigenvalue weighted by molar-refractivity contribution is 6.39. The summed E-state index contributed by atoms with van der Waals surface area (Å²) in [5.74, 6) is -1.56. The number of benzene rings is 1. The maximum Gasteiger partial charge on any atom is 0.313 e. The number of nitriles is 1. The summed E-state index contributed by atoms with van der Waals surface area (Å²) < 4.78 is 0. The number of hydrogen-bond acceptors (Lipinski definition) is 3. The summed E-state index contributed by atoms with van der Waals surface area (Å²) in [5, 5.41) is 13.1. The van der Waals surface area contributed by atoms with Crippen LogP contribution in [0.25, 0.3) is 0 Å². The van der Waals surface area contributed by atoms with Crippen LogP contribution in [0, 0.1) is 18.3 Å². The molecule has 94 valence electrons. The molecule has 0 aliphatic carbocycles. The van der Waals surface area contributed by atoms with Crippen LogP contribution in [0.15, 0.2) is 18.2 Å². The molecule has 0 atom stereocenters. The summed E-state index contributed by atoms with van der Waals surface area (Å²) in [6.07, 6.45) is 0.761. The molecule has 1 aromatic rings. The molecule has 0 fully saturated rings. The predicted molar refractivity (Wildman–Crippen MR) is 67.8 cm³/mol. The molecule has 0 unspecified atom stereocenters. The number of carbonyl (C=O) groups is 2. The highest BCUT2D eigenvalue weighted by atomic mass is 16.2. The number of amides is 2. The lowest BCUT2D eigenvalue weighted by atomic mass is 10.1. The van der Waals surface area contributed by atoms with E-state index < -0.39 is 11.8 Å². The van der Waals surface area contributed by atoms with Crippen molar-refractivity contribution in [3.05, 3.63) is 29.3 Å². The second-order valence-electron chi connectivity index (χ2n) is 3.76. The van der Waals surface area contributed by atoms with E-state index in [9.17, 15) is 9.59 Å². The molecule has 0 spiro atoms. The molecule has 5 heteroatoms. The van der Waals surface area contributed by atoms with Gasteiger partial charge in [0.2, 0.25) is 0 Å². The van der Waals surface area contributed by atoms with Crippen LogP contribution in [0.5, 0.6) is 0 Å². The lowest BCUT2D eigenvalue weighted by Gasteiger charge is -2.12. The van der Waals surface area contributed by atoms with Crippen molar-refractivity contribution in [2.24, 2.45) is 0 Å². The SMILES string of the molecule is CCc1cccc(C)c1NC(=O)C(=O)NCC#N. The van der Waals surface area contributed by atoms with Crippen LogP contribution in [0.1, 0.15) is 18.1 Å². The average molecular weight is 245 g/mol. The number of para-hydroxylation sites is 1. The Morgan fingerprint density at radius 2 is 2.06 bits per heavy atom. The van der Waals surface area contributed by atoms with E-state index in [1.54, 1.807) is 6.07 Å². The smallest absolute Gasteiger partial charge is 0.313 e. The van der Waals surface area contributed by atoms with E-state index in [1.807, 2.05) is 32.0 Å². The Hall–Kier alpha value is -2.35. The van der Waals surface area contributed by atoms with Crippen molar-refractivity contribution >= 4 is 17.5 Å². The molecular formula is C13H15N3O2. The molecule has 0 bridgehead atoms. The first-order valence-corrected chi connectivity index (χ1v) is 5.64.